The normalized spacial score (nSPS) is 17.3. The Labute approximate surface area is 177 Å². The van der Waals surface area contributed by atoms with Gasteiger partial charge in [-0.1, -0.05) is 32.9 Å². The summed E-state index contributed by atoms with van der Waals surface area (Å²) in [5, 5.41) is 2.52. The zero-order chi connectivity index (χ0) is 22.1. The van der Waals surface area contributed by atoms with E-state index in [0.717, 1.165) is 17.7 Å². The molecule has 30 heavy (non-hydrogen) atoms. The third kappa shape index (κ3) is 5.36. The maximum Gasteiger partial charge on any atom is 0.416 e. The van der Waals surface area contributed by atoms with Gasteiger partial charge in [0.25, 0.3) is 0 Å². The van der Waals surface area contributed by atoms with Gasteiger partial charge >= 0.3 is 6.18 Å². The highest BCUT2D eigenvalue weighted by Crippen LogP contribution is 2.42. The van der Waals surface area contributed by atoms with Crippen molar-refractivity contribution in [2.45, 2.75) is 38.7 Å². The minimum atomic E-state index is -4.42. The molecule has 2 aromatic carbocycles. The molecule has 4 nitrogen and oxygen atoms in total. The van der Waals surface area contributed by atoms with Gasteiger partial charge in [-0.2, -0.15) is 13.2 Å². The highest BCUT2D eigenvalue weighted by Gasteiger charge is 2.35. The number of alkyl halides is 3. The zero-order valence-corrected chi connectivity index (χ0v) is 17.7. The molecule has 1 aliphatic rings. The highest BCUT2D eigenvalue weighted by molar-refractivity contribution is 8.00. The second kappa shape index (κ2) is 8.34. The summed E-state index contributed by atoms with van der Waals surface area (Å²) in [6, 6.07) is 11.8. The summed E-state index contributed by atoms with van der Waals surface area (Å²) in [4.78, 5) is 26.0. The van der Waals surface area contributed by atoms with Crippen LogP contribution in [0.2, 0.25) is 0 Å². The van der Waals surface area contributed by atoms with Gasteiger partial charge in [0.15, 0.2) is 0 Å². The Morgan fingerprint density at radius 3 is 2.20 bits per heavy atom. The molecule has 1 heterocycles. The Hall–Kier alpha value is -2.48. The van der Waals surface area contributed by atoms with Crippen LogP contribution in [0.4, 0.5) is 24.5 Å². The molecule has 3 rings (SSSR count). The third-order valence-electron chi connectivity index (χ3n) is 4.51. The number of nitrogens with one attached hydrogen (secondary N) is 1. The van der Waals surface area contributed by atoms with Crippen molar-refractivity contribution in [2.75, 3.05) is 16.0 Å². The fraction of sp³-hybridized carbons (Fsp3) is 0.364. The fourth-order valence-corrected chi connectivity index (χ4v) is 4.36. The molecule has 2 amide bonds. The van der Waals surface area contributed by atoms with Crippen LogP contribution < -0.4 is 10.2 Å². The SMILES string of the molecule is CC(C)(C)CC(=O)Nc1ccc([C@@H]2SCC(=O)N2c2ccc(C(F)(F)F)cc2)cc1. The molecule has 0 saturated carbocycles. The van der Waals surface area contributed by atoms with Gasteiger partial charge in [0.1, 0.15) is 5.37 Å². The molecule has 2 aromatic rings. The van der Waals surface area contributed by atoms with Crippen molar-refractivity contribution in [2.24, 2.45) is 5.41 Å². The molecule has 0 spiro atoms. The lowest BCUT2D eigenvalue weighted by molar-refractivity contribution is -0.137. The Kier molecular flexibility index (Phi) is 6.17. The van der Waals surface area contributed by atoms with Crippen LogP contribution in [0.5, 0.6) is 0 Å². The molecule has 1 atom stereocenters. The van der Waals surface area contributed by atoms with E-state index in [2.05, 4.69) is 5.32 Å². The Balaban J connectivity index is 1.76. The number of benzene rings is 2. The summed E-state index contributed by atoms with van der Waals surface area (Å²) < 4.78 is 38.5. The standard InChI is InChI=1S/C22H23F3N2O2S/c1-21(2,3)12-18(28)26-16-8-4-14(5-9-16)20-27(19(29)13-30-20)17-10-6-15(7-11-17)22(23,24)25/h4-11,20H,12-13H2,1-3H3,(H,26,28)/t20-/m0/s1. The molecular formula is C22H23F3N2O2S. The number of halogens is 3. The number of anilines is 2. The van der Waals surface area contributed by atoms with E-state index in [9.17, 15) is 22.8 Å². The minimum absolute atomic E-state index is 0.0768. The molecule has 160 valence electrons. The molecule has 1 fully saturated rings. The van der Waals surface area contributed by atoms with Gasteiger partial charge in [0, 0.05) is 17.8 Å². The Morgan fingerprint density at radius 1 is 1.07 bits per heavy atom. The lowest BCUT2D eigenvalue weighted by atomic mass is 9.92. The summed E-state index contributed by atoms with van der Waals surface area (Å²) >= 11 is 1.41. The number of rotatable bonds is 4. The summed E-state index contributed by atoms with van der Waals surface area (Å²) in [6.45, 7) is 5.96. The lowest BCUT2D eigenvalue weighted by Crippen LogP contribution is -2.27. The average molecular weight is 436 g/mol. The van der Waals surface area contributed by atoms with E-state index < -0.39 is 11.7 Å². The number of hydrogen-bond donors (Lipinski definition) is 1. The van der Waals surface area contributed by atoms with Crippen LogP contribution in [-0.4, -0.2) is 17.6 Å². The van der Waals surface area contributed by atoms with Gasteiger partial charge in [0.05, 0.1) is 11.3 Å². The number of hydrogen-bond acceptors (Lipinski definition) is 3. The van der Waals surface area contributed by atoms with E-state index in [0.29, 0.717) is 17.8 Å². The van der Waals surface area contributed by atoms with Crippen LogP contribution in [0, 0.1) is 5.41 Å². The first kappa shape index (κ1) is 22.2. The van der Waals surface area contributed by atoms with Crippen molar-refractivity contribution in [1.82, 2.24) is 0 Å². The predicted octanol–water partition coefficient (Wildman–Crippen LogP) is 5.86. The smallest absolute Gasteiger partial charge is 0.326 e. The molecule has 1 aliphatic heterocycles. The first-order valence-corrected chi connectivity index (χ1v) is 10.5. The number of nitrogens with zero attached hydrogens (tertiary/aromatic N) is 1. The largest absolute Gasteiger partial charge is 0.416 e. The van der Waals surface area contributed by atoms with E-state index >= 15 is 0 Å². The summed E-state index contributed by atoms with van der Waals surface area (Å²) in [7, 11) is 0. The van der Waals surface area contributed by atoms with Crippen LogP contribution in [0.3, 0.4) is 0 Å². The van der Waals surface area contributed by atoms with E-state index in [4.69, 9.17) is 0 Å². The van der Waals surface area contributed by atoms with Crippen LogP contribution in [-0.2, 0) is 15.8 Å². The number of thioether (sulfide) groups is 1. The van der Waals surface area contributed by atoms with Gasteiger partial charge < -0.3 is 5.32 Å². The van der Waals surface area contributed by atoms with E-state index in [1.165, 1.54) is 28.8 Å². The van der Waals surface area contributed by atoms with Crippen LogP contribution in [0.15, 0.2) is 48.5 Å². The number of carbonyl (C=O) groups is 2. The molecule has 1 N–H and O–H groups in total. The summed E-state index contributed by atoms with van der Waals surface area (Å²) in [5.74, 6) is 0.00909. The van der Waals surface area contributed by atoms with Crippen molar-refractivity contribution in [3.63, 3.8) is 0 Å². The molecule has 0 radical (unpaired) electrons. The molecule has 0 bridgehead atoms. The minimum Gasteiger partial charge on any atom is -0.326 e. The van der Waals surface area contributed by atoms with Gasteiger partial charge in [-0.05, 0) is 47.4 Å². The summed E-state index contributed by atoms with van der Waals surface area (Å²) in [5.41, 5.74) is 1.04. The van der Waals surface area contributed by atoms with Crippen molar-refractivity contribution in [1.29, 1.82) is 0 Å². The molecule has 8 heteroatoms. The zero-order valence-electron chi connectivity index (χ0n) is 16.9. The topological polar surface area (TPSA) is 49.4 Å². The number of carbonyl (C=O) groups excluding carboxylic acids is 2. The first-order valence-electron chi connectivity index (χ1n) is 9.45. The van der Waals surface area contributed by atoms with E-state index in [1.807, 2.05) is 32.9 Å². The van der Waals surface area contributed by atoms with Gasteiger partial charge in [-0.15, -0.1) is 11.8 Å². The van der Waals surface area contributed by atoms with Crippen molar-refractivity contribution in [3.8, 4) is 0 Å². The molecular weight excluding hydrogens is 413 g/mol. The van der Waals surface area contributed by atoms with Crippen LogP contribution in [0.25, 0.3) is 0 Å². The monoisotopic (exact) mass is 436 g/mol. The third-order valence-corrected chi connectivity index (χ3v) is 5.72. The van der Waals surface area contributed by atoms with Gasteiger partial charge in [-0.25, -0.2) is 0 Å². The maximum absolute atomic E-state index is 12.8. The quantitative estimate of drug-likeness (QED) is 0.653. The van der Waals surface area contributed by atoms with E-state index in [1.54, 1.807) is 12.1 Å². The Bertz CT molecular complexity index is 919. The fourth-order valence-electron chi connectivity index (χ4n) is 3.18. The highest BCUT2D eigenvalue weighted by atomic mass is 32.2. The van der Waals surface area contributed by atoms with Gasteiger partial charge in [0.2, 0.25) is 11.8 Å². The van der Waals surface area contributed by atoms with Crippen molar-refractivity contribution >= 4 is 35.0 Å². The average Bonchev–Trinajstić information content (AvgIpc) is 3.01. The predicted molar refractivity (Wildman–Crippen MR) is 113 cm³/mol. The second-order valence-corrected chi connectivity index (χ2v) is 9.45. The van der Waals surface area contributed by atoms with Crippen molar-refractivity contribution in [3.05, 3.63) is 59.7 Å². The molecule has 0 aromatic heterocycles. The molecule has 1 saturated heterocycles. The van der Waals surface area contributed by atoms with E-state index in [-0.39, 0.29) is 28.4 Å². The van der Waals surface area contributed by atoms with Crippen LogP contribution in [0.1, 0.15) is 43.7 Å². The molecule has 0 aliphatic carbocycles. The molecule has 0 unspecified atom stereocenters. The Morgan fingerprint density at radius 2 is 1.67 bits per heavy atom. The summed E-state index contributed by atoms with van der Waals surface area (Å²) in [6.07, 6.45) is -4.03. The lowest BCUT2D eigenvalue weighted by Gasteiger charge is -2.25. The van der Waals surface area contributed by atoms with Crippen molar-refractivity contribution < 1.29 is 22.8 Å². The number of amides is 2. The van der Waals surface area contributed by atoms with Crippen LogP contribution >= 0.6 is 11.8 Å². The second-order valence-electron chi connectivity index (χ2n) is 8.38. The maximum atomic E-state index is 12.8. The van der Waals surface area contributed by atoms with Gasteiger partial charge in [-0.3, -0.25) is 14.5 Å². The first-order chi connectivity index (χ1) is 13.9.